The first-order valence-corrected chi connectivity index (χ1v) is 7.55. The van der Waals surface area contributed by atoms with E-state index >= 15 is 0 Å². The van der Waals surface area contributed by atoms with Gasteiger partial charge in [-0.3, -0.25) is 4.79 Å². The Morgan fingerprint density at radius 2 is 2.18 bits per heavy atom. The van der Waals surface area contributed by atoms with E-state index in [1.54, 1.807) is 19.1 Å². The monoisotopic (exact) mass is 308 g/mol. The second-order valence-electron chi connectivity index (χ2n) is 5.18. The van der Waals surface area contributed by atoms with Crippen LogP contribution in [0.4, 0.5) is 0 Å². The maximum atomic E-state index is 12.2. The fourth-order valence-electron chi connectivity index (χ4n) is 2.30. The van der Waals surface area contributed by atoms with Crippen molar-refractivity contribution in [3.05, 3.63) is 24.3 Å². The number of nitrogens with one attached hydrogen (secondary N) is 1. The van der Waals surface area contributed by atoms with E-state index in [9.17, 15) is 4.79 Å². The van der Waals surface area contributed by atoms with E-state index in [0.717, 1.165) is 18.7 Å². The molecule has 22 heavy (non-hydrogen) atoms. The van der Waals surface area contributed by atoms with Gasteiger partial charge in [-0.15, -0.1) is 0 Å². The van der Waals surface area contributed by atoms with Crippen molar-refractivity contribution in [2.45, 2.75) is 12.5 Å². The van der Waals surface area contributed by atoms with Gasteiger partial charge in [0.25, 0.3) is 5.91 Å². The molecular weight excluding hydrogens is 284 g/mol. The highest BCUT2D eigenvalue weighted by molar-refractivity contribution is 5.81. The number of para-hydroxylation sites is 2. The molecule has 0 aliphatic carbocycles. The van der Waals surface area contributed by atoms with Crippen LogP contribution in [-0.2, 0) is 9.53 Å². The van der Waals surface area contributed by atoms with Crippen LogP contribution in [0, 0.1) is 0 Å². The minimum absolute atomic E-state index is 0.0180. The first-order valence-electron chi connectivity index (χ1n) is 7.55. The Hall–Kier alpha value is -1.79. The molecule has 0 radical (unpaired) electrons. The lowest BCUT2D eigenvalue weighted by molar-refractivity contribution is -0.143. The molecule has 1 atom stereocenters. The number of carbonyl (C=O) groups excluding carboxylic acids is 1. The maximum Gasteiger partial charge on any atom is 0.252 e. The Balaban J connectivity index is 1.70. The summed E-state index contributed by atoms with van der Waals surface area (Å²) in [6.45, 7) is 3.14. The number of benzene rings is 1. The molecule has 6 heteroatoms. The van der Waals surface area contributed by atoms with Crippen molar-refractivity contribution in [1.29, 1.82) is 0 Å². The maximum absolute atomic E-state index is 12.2. The molecule has 6 nitrogen and oxygen atoms in total. The van der Waals surface area contributed by atoms with Crippen LogP contribution in [0.5, 0.6) is 11.5 Å². The summed E-state index contributed by atoms with van der Waals surface area (Å²) in [4.78, 5) is 13.9. The van der Waals surface area contributed by atoms with Crippen LogP contribution in [0.2, 0.25) is 0 Å². The minimum Gasteiger partial charge on any atom is -0.493 e. The predicted octanol–water partition coefficient (Wildman–Crippen LogP) is 0.911. The first-order chi connectivity index (χ1) is 10.7. The van der Waals surface area contributed by atoms with E-state index in [1.807, 2.05) is 24.3 Å². The predicted molar refractivity (Wildman–Crippen MR) is 83.4 cm³/mol. The summed E-state index contributed by atoms with van der Waals surface area (Å²) >= 11 is 0. The molecule has 0 spiro atoms. The SMILES string of the molecule is COc1ccccc1OCCCN(C)C(=O)[C@@H]1CNCCO1. The van der Waals surface area contributed by atoms with Gasteiger partial charge in [-0.2, -0.15) is 0 Å². The van der Waals surface area contributed by atoms with Crippen LogP contribution >= 0.6 is 0 Å². The molecule has 1 heterocycles. The Bertz CT molecular complexity index is 475. The van der Waals surface area contributed by atoms with Crippen LogP contribution < -0.4 is 14.8 Å². The zero-order chi connectivity index (χ0) is 15.8. The topological polar surface area (TPSA) is 60.0 Å². The number of rotatable bonds is 7. The molecule has 1 aromatic carbocycles. The molecule has 0 unspecified atom stereocenters. The second-order valence-corrected chi connectivity index (χ2v) is 5.18. The fourth-order valence-corrected chi connectivity index (χ4v) is 2.30. The molecule has 1 N–H and O–H groups in total. The lowest BCUT2D eigenvalue weighted by Crippen LogP contribution is -2.48. The van der Waals surface area contributed by atoms with Gasteiger partial charge in [0.1, 0.15) is 6.10 Å². The van der Waals surface area contributed by atoms with E-state index < -0.39 is 0 Å². The minimum atomic E-state index is -0.367. The molecule has 1 aliphatic rings. The summed E-state index contributed by atoms with van der Waals surface area (Å²) in [5.74, 6) is 1.46. The van der Waals surface area contributed by atoms with Crippen LogP contribution in [0.3, 0.4) is 0 Å². The van der Waals surface area contributed by atoms with E-state index in [1.165, 1.54) is 0 Å². The van der Waals surface area contributed by atoms with E-state index in [-0.39, 0.29) is 12.0 Å². The molecule has 1 saturated heterocycles. The van der Waals surface area contributed by atoms with Gasteiger partial charge >= 0.3 is 0 Å². The van der Waals surface area contributed by atoms with Crippen molar-refractivity contribution in [1.82, 2.24) is 10.2 Å². The van der Waals surface area contributed by atoms with Gasteiger partial charge in [0.15, 0.2) is 11.5 Å². The summed E-state index contributed by atoms with van der Waals surface area (Å²) in [6.07, 6.45) is 0.384. The van der Waals surface area contributed by atoms with E-state index in [0.29, 0.717) is 32.1 Å². The average molecular weight is 308 g/mol. The third-order valence-corrected chi connectivity index (χ3v) is 3.54. The van der Waals surface area contributed by atoms with Crippen LogP contribution in [0.25, 0.3) is 0 Å². The zero-order valence-corrected chi connectivity index (χ0v) is 13.2. The van der Waals surface area contributed by atoms with Crippen molar-refractivity contribution in [2.24, 2.45) is 0 Å². The fraction of sp³-hybridized carbons (Fsp3) is 0.562. The first kappa shape index (κ1) is 16.6. The smallest absolute Gasteiger partial charge is 0.252 e. The highest BCUT2D eigenvalue weighted by Gasteiger charge is 2.24. The normalized spacial score (nSPS) is 17.8. The Morgan fingerprint density at radius 1 is 1.41 bits per heavy atom. The summed E-state index contributed by atoms with van der Waals surface area (Å²) in [5, 5.41) is 3.16. The van der Waals surface area contributed by atoms with Gasteiger partial charge in [0.2, 0.25) is 0 Å². The highest BCUT2D eigenvalue weighted by Crippen LogP contribution is 2.25. The molecule has 122 valence electrons. The van der Waals surface area contributed by atoms with Gasteiger partial charge in [-0.05, 0) is 18.6 Å². The molecule has 0 bridgehead atoms. The number of morpholine rings is 1. The van der Waals surface area contributed by atoms with Crippen molar-refractivity contribution in [3.8, 4) is 11.5 Å². The third kappa shape index (κ3) is 4.61. The van der Waals surface area contributed by atoms with Gasteiger partial charge in [0.05, 0.1) is 20.3 Å². The largest absolute Gasteiger partial charge is 0.493 e. The van der Waals surface area contributed by atoms with Crippen molar-refractivity contribution in [2.75, 3.05) is 47.0 Å². The van der Waals surface area contributed by atoms with Crippen molar-refractivity contribution >= 4 is 5.91 Å². The standard InChI is InChI=1S/C16H24N2O4/c1-18(16(19)15-12-17-8-11-22-15)9-5-10-21-14-7-4-3-6-13(14)20-2/h3-4,6-7,15,17H,5,8-12H2,1-2H3/t15-/m0/s1. The lowest BCUT2D eigenvalue weighted by Gasteiger charge is -2.27. The molecule has 0 aromatic heterocycles. The lowest BCUT2D eigenvalue weighted by atomic mass is 10.2. The van der Waals surface area contributed by atoms with E-state index in [2.05, 4.69) is 5.32 Å². The number of hydrogen-bond acceptors (Lipinski definition) is 5. The number of carbonyl (C=O) groups is 1. The number of likely N-dealkylation sites (N-methyl/N-ethyl adjacent to an activating group) is 1. The molecular formula is C16H24N2O4. The van der Waals surface area contributed by atoms with Gasteiger partial charge in [-0.25, -0.2) is 0 Å². The summed E-state index contributed by atoms with van der Waals surface area (Å²) < 4.78 is 16.4. The molecule has 2 rings (SSSR count). The second kappa shape index (κ2) is 8.60. The quantitative estimate of drug-likeness (QED) is 0.759. The van der Waals surface area contributed by atoms with Gasteiger partial charge < -0.3 is 24.4 Å². The Labute approximate surface area is 131 Å². The molecule has 1 aliphatic heterocycles. The molecule has 1 fully saturated rings. The number of amides is 1. The number of methoxy groups -OCH3 is 1. The summed E-state index contributed by atoms with van der Waals surface area (Å²) in [7, 11) is 3.41. The third-order valence-electron chi connectivity index (χ3n) is 3.54. The van der Waals surface area contributed by atoms with Crippen LogP contribution in [0.1, 0.15) is 6.42 Å². The molecule has 1 aromatic rings. The number of hydrogen-bond donors (Lipinski definition) is 1. The Morgan fingerprint density at radius 3 is 2.86 bits per heavy atom. The molecule has 1 amide bonds. The highest BCUT2D eigenvalue weighted by atomic mass is 16.5. The van der Waals surface area contributed by atoms with Crippen LogP contribution in [-0.4, -0.2) is 63.9 Å². The zero-order valence-electron chi connectivity index (χ0n) is 13.2. The van der Waals surface area contributed by atoms with Gasteiger partial charge in [0, 0.05) is 26.7 Å². The van der Waals surface area contributed by atoms with Gasteiger partial charge in [-0.1, -0.05) is 12.1 Å². The average Bonchev–Trinajstić information content (AvgIpc) is 2.59. The number of nitrogens with zero attached hydrogens (tertiary/aromatic N) is 1. The molecule has 0 saturated carbocycles. The van der Waals surface area contributed by atoms with Crippen molar-refractivity contribution in [3.63, 3.8) is 0 Å². The van der Waals surface area contributed by atoms with Crippen molar-refractivity contribution < 1.29 is 19.0 Å². The summed E-state index contributed by atoms with van der Waals surface area (Å²) in [5.41, 5.74) is 0. The summed E-state index contributed by atoms with van der Waals surface area (Å²) in [6, 6.07) is 7.53. The van der Waals surface area contributed by atoms with Crippen LogP contribution in [0.15, 0.2) is 24.3 Å². The Kier molecular flexibility index (Phi) is 6.48. The van der Waals surface area contributed by atoms with E-state index in [4.69, 9.17) is 14.2 Å². The number of ether oxygens (including phenoxy) is 3.